The lowest BCUT2D eigenvalue weighted by atomic mass is 10.2. The second kappa shape index (κ2) is 50.9. The van der Waals surface area contributed by atoms with Crippen LogP contribution in [0.4, 0.5) is 4.79 Å². The highest BCUT2D eigenvalue weighted by atomic mass is 16.5. The highest BCUT2D eigenvalue weighted by molar-refractivity contribution is 6.21. The molecule has 0 spiro atoms. The Morgan fingerprint density at radius 1 is 0.460 bits per heavy atom. The molecule has 0 aromatic heterocycles. The SMILES string of the molecule is C.C.C.C.CC.CCCCCN1C(=O)C=CC1=O.CCCCCN1CC=CC1.CCCCCN1CC=CC1.CCCCCN1CC=CC1.CCOC.COC(=O)N1C(=O)C=CC1=O. The van der Waals surface area contributed by atoms with E-state index < -0.39 is 17.9 Å². The first-order valence-corrected chi connectivity index (χ1v) is 22.4. The summed E-state index contributed by atoms with van der Waals surface area (Å²) < 4.78 is 8.72. The standard InChI is InChI=1S/C9H13NO2.3C9H17N.C6H5NO4.C3H8O.C2H6.4CH4/c1-2-3-4-7-10-8(11)5-6-9(10)12;3*1-2-3-4-7-10-8-5-6-9-10;1-11-6(10)7-4(8)2-3-5(7)9;1-3-4-2;1-2;;;;/h5-6H,2-4,7H2,1H3;3*5-6H,2-4,7-9H2,1H3;2-3H,1H3;3H2,1-2H3;1-2H3;4*1H4. The van der Waals surface area contributed by atoms with Crippen LogP contribution in [0.25, 0.3) is 0 Å². The van der Waals surface area contributed by atoms with E-state index in [0.29, 0.717) is 11.4 Å². The third-order valence-electron chi connectivity index (χ3n) is 9.26. The van der Waals surface area contributed by atoms with E-state index in [0.717, 1.165) is 45.1 Å². The Hall–Kier alpha value is -3.71. The van der Waals surface area contributed by atoms with Gasteiger partial charge >= 0.3 is 6.09 Å². The van der Waals surface area contributed by atoms with Gasteiger partial charge in [-0.05, 0) is 52.2 Å². The molecule has 63 heavy (non-hydrogen) atoms. The van der Waals surface area contributed by atoms with E-state index in [1.165, 1.54) is 134 Å². The Kier molecular flexibility index (Phi) is 57.3. The summed E-state index contributed by atoms with van der Waals surface area (Å²) in [5.41, 5.74) is 0. The molecule has 5 heterocycles. The number of amides is 5. The van der Waals surface area contributed by atoms with Gasteiger partial charge in [0.25, 0.3) is 23.6 Å². The number of methoxy groups -OCH3 is 2. The number of nitrogens with zero attached hydrogens (tertiary/aromatic N) is 5. The third-order valence-corrected chi connectivity index (χ3v) is 9.26. The summed E-state index contributed by atoms with van der Waals surface area (Å²) in [6.45, 7) is 27.2. The maximum absolute atomic E-state index is 11.0. The van der Waals surface area contributed by atoms with E-state index in [9.17, 15) is 24.0 Å². The number of carbonyl (C=O) groups is 5. The fraction of sp³-hybridized carbons (Fsp3) is 0.706. The highest BCUT2D eigenvalue weighted by Crippen LogP contribution is 2.07. The number of hydrogen-bond acceptors (Lipinski definition) is 10. The summed E-state index contributed by atoms with van der Waals surface area (Å²) in [5, 5.41) is 0. The molecule has 12 nitrogen and oxygen atoms in total. The highest BCUT2D eigenvalue weighted by Gasteiger charge is 2.30. The van der Waals surface area contributed by atoms with Crippen molar-refractivity contribution in [2.45, 2.75) is 155 Å². The number of rotatable bonds is 17. The lowest BCUT2D eigenvalue weighted by molar-refractivity contribution is -0.137. The molecule has 0 saturated carbocycles. The van der Waals surface area contributed by atoms with E-state index in [-0.39, 0.29) is 41.5 Å². The van der Waals surface area contributed by atoms with Crippen molar-refractivity contribution < 1.29 is 33.4 Å². The third kappa shape index (κ3) is 37.4. The molecule has 0 aromatic carbocycles. The number of carbonyl (C=O) groups excluding carboxylic acids is 5. The zero-order valence-electron chi connectivity index (χ0n) is 38.6. The van der Waals surface area contributed by atoms with Gasteiger partial charge in [0.05, 0.1) is 7.11 Å². The molecule has 5 aliphatic heterocycles. The first-order chi connectivity index (χ1) is 28.6. The molecular formula is C51H99N5O7. The lowest BCUT2D eigenvalue weighted by Gasteiger charge is -2.13. The van der Waals surface area contributed by atoms with Crippen LogP contribution < -0.4 is 0 Å². The number of imide groups is 4. The molecule has 0 fully saturated rings. The zero-order chi connectivity index (χ0) is 44.5. The van der Waals surface area contributed by atoms with Gasteiger partial charge in [-0.3, -0.25) is 38.8 Å². The largest absolute Gasteiger partial charge is 0.452 e. The van der Waals surface area contributed by atoms with E-state index >= 15 is 0 Å². The fourth-order valence-corrected chi connectivity index (χ4v) is 5.71. The molecule has 0 saturated heterocycles. The molecule has 0 N–H and O–H groups in total. The smallest absolute Gasteiger partial charge is 0.423 e. The molecule has 5 amide bonds. The van der Waals surface area contributed by atoms with E-state index in [1.807, 2.05) is 20.8 Å². The quantitative estimate of drug-likeness (QED) is 0.0793. The van der Waals surface area contributed by atoms with Crippen molar-refractivity contribution in [1.82, 2.24) is 24.5 Å². The molecular weight excluding hydrogens is 795 g/mol. The average molecular weight is 894 g/mol. The molecule has 0 aromatic rings. The number of ether oxygens (including phenoxy) is 2. The lowest BCUT2D eigenvalue weighted by Crippen LogP contribution is -2.35. The maximum Gasteiger partial charge on any atom is 0.423 e. The molecule has 0 bridgehead atoms. The fourth-order valence-electron chi connectivity index (χ4n) is 5.71. The van der Waals surface area contributed by atoms with Crippen molar-refractivity contribution in [2.24, 2.45) is 0 Å². The average Bonchev–Trinajstić information content (AvgIpc) is 4.13. The van der Waals surface area contributed by atoms with Crippen molar-refractivity contribution in [3.05, 3.63) is 60.8 Å². The molecule has 0 unspecified atom stereocenters. The minimum Gasteiger partial charge on any atom is -0.452 e. The Morgan fingerprint density at radius 3 is 0.952 bits per heavy atom. The van der Waals surface area contributed by atoms with Crippen LogP contribution in [-0.4, -0.2) is 140 Å². The summed E-state index contributed by atoms with van der Waals surface area (Å²) in [6.07, 6.45) is 32.6. The Bertz CT molecular complexity index is 1140. The topological polar surface area (TPSA) is 120 Å². The summed E-state index contributed by atoms with van der Waals surface area (Å²) in [5.74, 6) is -1.67. The van der Waals surface area contributed by atoms with Gasteiger partial charge in [0.2, 0.25) is 0 Å². The van der Waals surface area contributed by atoms with Crippen LogP contribution in [0.1, 0.15) is 155 Å². The van der Waals surface area contributed by atoms with Crippen molar-refractivity contribution in [3.63, 3.8) is 0 Å². The molecule has 5 aliphatic rings. The molecule has 5 rings (SSSR count). The summed E-state index contributed by atoms with van der Waals surface area (Å²) in [6, 6.07) is 0. The van der Waals surface area contributed by atoms with Gasteiger partial charge in [0.15, 0.2) is 0 Å². The molecule has 12 heteroatoms. The Morgan fingerprint density at radius 2 is 0.714 bits per heavy atom. The monoisotopic (exact) mass is 894 g/mol. The number of hydrogen-bond donors (Lipinski definition) is 0. The second-order valence-corrected chi connectivity index (χ2v) is 14.1. The van der Waals surface area contributed by atoms with Crippen LogP contribution in [0, 0.1) is 0 Å². The molecule has 0 radical (unpaired) electrons. The Labute approximate surface area is 388 Å². The maximum atomic E-state index is 11.0. The van der Waals surface area contributed by atoms with Crippen molar-refractivity contribution >= 4 is 29.7 Å². The van der Waals surface area contributed by atoms with Crippen LogP contribution in [0.2, 0.25) is 0 Å². The minimum atomic E-state index is -0.954. The van der Waals surface area contributed by atoms with Crippen LogP contribution in [0.3, 0.4) is 0 Å². The van der Waals surface area contributed by atoms with Gasteiger partial charge < -0.3 is 9.47 Å². The molecule has 0 atom stereocenters. The van der Waals surface area contributed by atoms with E-state index in [4.69, 9.17) is 0 Å². The molecule has 0 aliphatic carbocycles. The van der Waals surface area contributed by atoms with Gasteiger partial charge in [-0.15, -0.1) is 0 Å². The van der Waals surface area contributed by atoms with Crippen LogP contribution in [0.5, 0.6) is 0 Å². The van der Waals surface area contributed by atoms with Crippen molar-refractivity contribution in [3.8, 4) is 0 Å². The summed E-state index contributed by atoms with van der Waals surface area (Å²) in [4.78, 5) is 63.2. The van der Waals surface area contributed by atoms with Crippen LogP contribution >= 0.6 is 0 Å². The van der Waals surface area contributed by atoms with E-state index in [1.54, 1.807) is 7.11 Å². The number of unbranched alkanes of at least 4 members (excludes halogenated alkanes) is 8. The van der Waals surface area contributed by atoms with Crippen molar-refractivity contribution in [2.75, 3.05) is 86.3 Å². The minimum absolute atomic E-state index is 0. The van der Waals surface area contributed by atoms with Crippen LogP contribution in [-0.2, 0) is 28.7 Å². The van der Waals surface area contributed by atoms with Crippen molar-refractivity contribution in [1.29, 1.82) is 0 Å². The van der Waals surface area contributed by atoms with Crippen LogP contribution in [0.15, 0.2) is 60.8 Å². The Balaban J connectivity index is -0.000000154. The zero-order valence-corrected chi connectivity index (χ0v) is 38.6. The summed E-state index contributed by atoms with van der Waals surface area (Å²) >= 11 is 0. The van der Waals surface area contributed by atoms with Gasteiger partial charge in [0.1, 0.15) is 0 Å². The van der Waals surface area contributed by atoms with Gasteiger partial charge in [-0.25, -0.2) is 4.79 Å². The predicted molar refractivity (Wildman–Crippen MR) is 270 cm³/mol. The second-order valence-electron chi connectivity index (χ2n) is 14.1. The van der Waals surface area contributed by atoms with Gasteiger partial charge in [-0.1, -0.05) is 159 Å². The predicted octanol–water partition coefficient (Wildman–Crippen LogP) is 11.1. The molecule has 370 valence electrons. The van der Waals surface area contributed by atoms with Gasteiger partial charge in [-0.2, -0.15) is 4.90 Å². The normalized spacial score (nSPS) is 15.3. The van der Waals surface area contributed by atoms with Gasteiger partial charge in [0, 0.05) is 83.8 Å². The van der Waals surface area contributed by atoms with E-state index in [2.05, 4.69) is 88.3 Å². The first-order valence-electron chi connectivity index (χ1n) is 22.4. The first kappa shape index (κ1) is 70.9. The summed E-state index contributed by atoms with van der Waals surface area (Å²) in [7, 11) is 2.78.